The number of fused-ring (bicyclic) bond motifs is 1. The van der Waals surface area contributed by atoms with Crippen molar-refractivity contribution < 1.29 is 0 Å². The smallest absolute Gasteiger partial charge is 0.0264 e. The van der Waals surface area contributed by atoms with Crippen LogP contribution in [0.3, 0.4) is 0 Å². The standard InChI is InChI=1S/C15H28/c1-5-11(2)13-8-9-14-12(3)7-6-10-15(13,14)4/h11-14H,5-10H2,1-4H3/t11-,12+,13-,14+,15-/m1/s1. The second-order valence-electron chi connectivity index (χ2n) is 6.55. The molecule has 2 saturated carbocycles. The monoisotopic (exact) mass is 208 g/mol. The Hall–Kier alpha value is 0. The van der Waals surface area contributed by atoms with Gasteiger partial charge < -0.3 is 0 Å². The van der Waals surface area contributed by atoms with Crippen molar-refractivity contribution in [1.29, 1.82) is 0 Å². The normalized spacial score (nSPS) is 47.6. The van der Waals surface area contributed by atoms with E-state index in [1.807, 2.05) is 0 Å². The molecule has 0 unspecified atom stereocenters. The molecule has 0 saturated heterocycles. The number of hydrogen-bond acceptors (Lipinski definition) is 0. The fourth-order valence-corrected chi connectivity index (χ4v) is 4.82. The van der Waals surface area contributed by atoms with Gasteiger partial charge in [-0.2, -0.15) is 0 Å². The summed E-state index contributed by atoms with van der Waals surface area (Å²) in [5.41, 5.74) is 0.701. The predicted molar refractivity (Wildman–Crippen MR) is 66.8 cm³/mol. The van der Waals surface area contributed by atoms with Crippen LogP contribution in [-0.2, 0) is 0 Å². The summed E-state index contributed by atoms with van der Waals surface area (Å²) < 4.78 is 0. The quantitative estimate of drug-likeness (QED) is 0.606. The summed E-state index contributed by atoms with van der Waals surface area (Å²) in [5.74, 6) is 4.02. The molecule has 0 N–H and O–H groups in total. The second kappa shape index (κ2) is 4.11. The molecule has 0 radical (unpaired) electrons. The van der Waals surface area contributed by atoms with Crippen molar-refractivity contribution in [3.05, 3.63) is 0 Å². The van der Waals surface area contributed by atoms with Gasteiger partial charge in [-0.15, -0.1) is 0 Å². The molecule has 0 aliphatic heterocycles. The van der Waals surface area contributed by atoms with Crippen LogP contribution in [0.1, 0.15) is 66.2 Å². The fraction of sp³-hybridized carbons (Fsp3) is 1.00. The van der Waals surface area contributed by atoms with E-state index in [4.69, 9.17) is 0 Å². The van der Waals surface area contributed by atoms with Crippen LogP contribution >= 0.6 is 0 Å². The van der Waals surface area contributed by atoms with Crippen molar-refractivity contribution in [2.75, 3.05) is 0 Å². The Morgan fingerprint density at radius 3 is 2.67 bits per heavy atom. The first-order chi connectivity index (χ1) is 7.09. The van der Waals surface area contributed by atoms with Crippen molar-refractivity contribution in [2.24, 2.45) is 29.1 Å². The van der Waals surface area contributed by atoms with Crippen LogP contribution in [0.2, 0.25) is 0 Å². The summed E-state index contributed by atoms with van der Waals surface area (Å²) in [4.78, 5) is 0. The van der Waals surface area contributed by atoms with E-state index in [2.05, 4.69) is 27.7 Å². The predicted octanol–water partition coefficient (Wildman–Crippen LogP) is 4.89. The summed E-state index contributed by atoms with van der Waals surface area (Å²) in [7, 11) is 0. The Morgan fingerprint density at radius 2 is 2.00 bits per heavy atom. The van der Waals surface area contributed by atoms with Crippen LogP contribution < -0.4 is 0 Å². The molecule has 15 heavy (non-hydrogen) atoms. The van der Waals surface area contributed by atoms with Gasteiger partial charge in [-0.25, -0.2) is 0 Å². The van der Waals surface area contributed by atoms with Gasteiger partial charge in [0.1, 0.15) is 0 Å². The van der Waals surface area contributed by atoms with E-state index >= 15 is 0 Å². The van der Waals surface area contributed by atoms with E-state index < -0.39 is 0 Å². The van der Waals surface area contributed by atoms with Crippen LogP contribution in [0.15, 0.2) is 0 Å². The summed E-state index contributed by atoms with van der Waals surface area (Å²) in [6.07, 6.45) is 8.90. The van der Waals surface area contributed by atoms with E-state index in [0.717, 1.165) is 23.7 Å². The van der Waals surface area contributed by atoms with E-state index in [1.165, 1.54) is 38.5 Å². The molecule has 2 aliphatic rings. The topological polar surface area (TPSA) is 0 Å². The molecule has 0 heteroatoms. The zero-order chi connectivity index (χ0) is 11.1. The van der Waals surface area contributed by atoms with Gasteiger partial charge in [-0.05, 0) is 48.3 Å². The third-order valence-electron chi connectivity index (χ3n) is 5.88. The first-order valence-electron chi connectivity index (χ1n) is 7.09. The largest absolute Gasteiger partial charge is 0.0651 e. The molecule has 0 nitrogen and oxygen atoms in total. The minimum Gasteiger partial charge on any atom is -0.0651 e. The number of hydrogen-bond donors (Lipinski definition) is 0. The van der Waals surface area contributed by atoms with E-state index in [1.54, 1.807) is 0 Å². The van der Waals surface area contributed by atoms with Gasteiger partial charge in [0.05, 0.1) is 0 Å². The molecule has 0 aromatic rings. The van der Waals surface area contributed by atoms with Crippen LogP contribution in [0.25, 0.3) is 0 Å². The van der Waals surface area contributed by atoms with Gasteiger partial charge in [-0.3, -0.25) is 0 Å². The average molecular weight is 208 g/mol. The molecule has 2 fully saturated rings. The van der Waals surface area contributed by atoms with Crippen LogP contribution in [0.5, 0.6) is 0 Å². The maximum Gasteiger partial charge on any atom is -0.0264 e. The SMILES string of the molecule is CC[C@@H](C)[C@H]1CC[C@H]2[C@@H](C)CCC[C@]12C. The molecule has 5 atom stereocenters. The number of rotatable bonds is 2. The van der Waals surface area contributed by atoms with Gasteiger partial charge in [0, 0.05) is 0 Å². The Balaban J connectivity index is 2.17. The molecule has 88 valence electrons. The molecule has 0 aromatic heterocycles. The lowest BCUT2D eigenvalue weighted by atomic mass is 9.59. The minimum absolute atomic E-state index is 0.701. The molecule has 0 amide bonds. The highest BCUT2D eigenvalue weighted by Crippen LogP contribution is 2.59. The molecule has 0 bridgehead atoms. The molecular formula is C15H28. The van der Waals surface area contributed by atoms with Gasteiger partial charge in [0.15, 0.2) is 0 Å². The highest BCUT2D eigenvalue weighted by atomic mass is 14.6. The highest BCUT2D eigenvalue weighted by molar-refractivity contribution is 5.00. The van der Waals surface area contributed by atoms with E-state index in [-0.39, 0.29) is 0 Å². The van der Waals surface area contributed by atoms with E-state index in [9.17, 15) is 0 Å². The molecule has 0 spiro atoms. The minimum atomic E-state index is 0.701. The third-order valence-corrected chi connectivity index (χ3v) is 5.88. The Bertz CT molecular complexity index is 220. The average Bonchev–Trinajstić information content (AvgIpc) is 2.56. The zero-order valence-electron chi connectivity index (χ0n) is 11.1. The zero-order valence-corrected chi connectivity index (χ0v) is 11.1. The highest BCUT2D eigenvalue weighted by Gasteiger charge is 2.50. The van der Waals surface area contributed by atoms with Crippen LogP contribution in [-0.4, -0.2) is 0 Å². The summed E-state index contributed by atoms with van der Waals surface area (Å²) in [5, 5.41) is 0. The summed E-state index contributed by atoms with van der Waals surface area (Å²) in [6, 6.07) is 0. The third kappa shape index (κ3) is 1.74. The van der Waals surface area contributed by atoms with Crippen LogP contribution in [0.4, 0.5) is 0 Å². The Kier molecular flexibility index (Phi) is 3.14. The second-order valence-corrected chi connectivity index (χ2v) is 6.55. The fourth-order valence-electron chi connectivity index (χ4n) is 4.82. The summed E-state index contributed by atoms with van der Waals surface area (Å²) >= 11 is 0. The van der Waals surface area contributed by atoms with Crippen molar-refractivity contribution in [1.82, 2.24) is 0 Å². The Labute approximate surface area is 95.8 Å². The molecule has 2 rings (SSSR count). The molecular weight excluding hydrogens is 180 g/mol. The first-order valence-corrected chi connectivity index (χ1v) is 7.09. The Morgan fingerprint density at radius 1 is 1.27 bits per heavy atom. The van der Waals surface area contributed by atoms with Crippen molar-refractivity contribution >= 4 is 0 Å². The summed E-state index contributed by atoms with van der Waals surface area (Å²) in [6.45, 7) is 9.96. The van der Waals surface area contributed by atoms with Gasteiger partial charge in [0.25, 0.3) is 0 Å². The van der Waals surface area contributed by atoms with E-state index in [0.29, 0.717) is 5.41 Å². The first kappa shape index (κ1) is 11.5. The lowest BCUT2D eigenvalue weighted by Crippen LogP contribution is -2.38. The molecule has 2 aliphatic carbocycles. The van der Waals surface area contributed by atoms with Gasteiger partial charge in [-0.1, -0.05) is 47.0 Å². The lowest BCUT2D eigenvalue weighted by Gasteiger charge is -2.46. The van der Waals surface area contributed by atoms with Gasteiger partial charge >= 0.3 is 0 Å². The van der Waals surface area contributed by atoms with Crippen molar-refractivity contribution in [3.63, 3.8) is 0 Å². The van der Waals surface area contributed by atoms with Gasteiger partial charge in [0.2, 0.25) is 0 Å². The maximum atomic E-state index is 2.61. The lowest BCUT2D eigenvalue weighted by molar-refractivity contribution is 0.0362. The van der Waals surface area contributed by atoms with Crippen LogP contribution in [0, 0.1) is 29.1 Å². The maximum absolute atomic E-state index is 2.61. The van der Waals surface area contributed by atoms with Crippen molar-refractivity contribution in [3.8, 4) is 0 Å². The molecule has 0 aromatic carbocycles. The van der Waals surface area contributed by atoms with Crippen molar-refractivity contribution in [2.45, 2.75) is 66.2 Å². The molecule has 0 heterocycles.